The average Bonchev–Trinajstić information content (AvgIpc) is 3.00. The zero-order chi connectivity index (χ0) is 18.5. The zero-order valence-electron chi connectivity index (χ0n) is 15.6. The molecule has 2 N–H and O–H groups in total. The van der Waals surface area contributed by atoms with Gasteiger partial charge in [-0.1, -0.05) is 6.42 Å². The van der Waals surface area contributed by atoms with E-state index in [0.717, 1.165) is 43.0 Å². The largest absolute Gasteiger partial charge is 0.395 e. The quantitative estimate of drug-likeness (QED) is 0.831. The van der Waals surface area contributed by atoms with Crippen LogP contribution in [0.15, 0.2) is 30.3 Å². The highest BCUT2D eigenvalue weighted by Gasteiger charge is 2.21. The molecule has 1 aromatic carbocycles. The Hall–Kier alpha value is -2.18. The minimum atomic E-state index is -0.0672. The number of amides is 1. The van der Waals surface area contributed by atoms with Gasteiger partial charge in [0.25, 0.3) is 5.91 Å². The topological polar surface area (TPSA) is 70.4 Å². The minimum Gasteiger partial charge on any atom is -0.395 e. The summed E-state index contributed by atoms with van der Waals surface area (Å²) < 4.78 is 1.88. The number of carbonyl (C=O) groups is 1. The molecule has 6 nitrogen and oxygen atoms in total. The number of aliphatic hydroxyl groups is 1. The zero-order valence-corrected chi connectivity index (χ0v) is 15.6. The number of rotatable bonds is 6. The van der Waals surface area contributed by atoms with Gasteiger partial charge in [0.1, 0.15) is 0 Å². The number of nitrogens with zero attached hydrogens (tertiary/aromatic N) is 3. The van der Waals surface area contributed by atoms with Crippen molar-refractivity contribution in [1.82, 2.24) is 20.0 Å². The van der Waals surface area contributed by atoms with E-state index in [9.17, 15) is 9.90 Å². The third-order valence-corrected chi connectivity index (χ3v) is 5.03. The van der Waals surface area contributed by atoms with Crippen LogP contribution < -0.4 is 5.32 Å². The molecular weight excluding hydrogens is 328 g/mol. The van der Waals surface area contributed by atoms with Crippen LogP contribution in [0.4, 0.5) is 0 Å². The monoisotopic (exact) mass is 356 g/mol. The van der Waals surface area contributed by atoms with Gasteiger partial charge in [-0.15, -0.1) is 0 Å². The van der Waals surface area contributed by atoms with E-state index in [4.69, 9.17) is 0 Å². The number of benzene rings is 1. The Kier molecular flexibility index (Phi) is 6.06. The summed E-state index contributed by atoms with van der Waals surface area (Å²) in [6.07, 6.45) is 3.38. The molecule has 1 amide bonds. The maximum absolute atomic E-state index is 12.4. The Morgan fingerprint density at radius 1 is 1.27 bits per heavy atom. The number of aryl methyl sites for hydroxylation is 2. The summed E-state index contributed by atoms with van der Waals surface area (Å²) in [5.74, 6) is -0.0672. The molecule has 0 aliphatic carbocycles. The number of hydrogen-bond donors (Lipinski definition) is 2. The molecule has 26 heavy (non-hydrogen) atoms. The molecule has 140 valence electrons. The number of aliphatic hydroxyl groups excluding tert-OH is 1. The van der Waals surface area contributed by atoms with Crippen LogP contribution in [0.1, 0.15) is 41.0 Å². The van der Waals surface area contributed by atoms with Gasteiger partial charge in [0.15, 0.2) is 0 Å². The molecule has 0 saturated carbocycles. The molecule has 2 heterocycles. The van der Waals surface area contributed by atoms with Crippen LogP contribution in [0.3, 0.4) is 0 Å². The number of piperidine rings is 1. The van der Waals surface area contributed by atoms with E-state index in [0.29, 0.717) is 12.1 Å². The van der Waals surface area contributed by atoms with E-state index in [1.165, 1.54) is 6.42 Å². The summed E-state index contributed by atoms with van der Waals surface area (Å²) in [7, 11) is 0. The van der Waals surface area contributed by atoms with Gasteiger partial charge in [-0.2, -0.15) is 5.10 Å². The van der Waals surface area contributed by atoms with E-state index in [1.807, 2.05) is 48.9 Å². The molecule has 0 unspecified atom stereocenters. The average molecular weight is 356 g/mol. The SMILES string of the molecule is Cc1cc(C)n(-c2ccc(C(=O)NCCN3CCCC[C@H]3CO)cc2)n1. The van der Waals surface area contributed by atoms with Gasteiger partial charge >= 0.3 is 0 Å². The summed E-state index contributed by atoms with van der Waals surface area (Å²) in [5, 5.41) is 16.9. The third kappa shape index (κ3) is 4.31. The molecule has 0 spiro atoms. The Bertz CT molecular complexity index is 739. The maximum Gasteiger partial charge on any atom is 0.251 e. The summed E-state index contributed by atoms with van der Waals surface area (Å²) in [6.45, 7) is 6.55. The molecule has 1 fully saturated rings. The Morgan fingerprint density at radius 3 is 2.69 bits per heavy atom. The van der Waals surface area contributed by atoms with E-state index in [-0.39, 0.29) is 18.6 Å². The summed E-state index contributed by atoms with van der Waals surface area (Å²) in [5.41, 5.74) is 3.64. The fraction of sp³-hybridized carbons (Fsp3) is 0.500. The molecule has 6 heteroatoms. The highest BCUT2D eigenvalue weighted by molar-refractivity contribution is 5.94. The lowest BCUT2D eigenvalue weighted by Gasteiger charge is -2.34. The van der Waals surface area contributed by atoms with Crippen LogP contribution in [-0.4, -0.2) is 58.0 Å². The van der Waals surface area contributed by atoms with Gasteiger partial charge in [0.2, 0.25) is 0 Å². The molecule has 0 radical (unpaired) electrons. The first-order valence-corrected chi connectivity index (χ1v) is 9.35. The lowest BCUT2D eigenvalue weighted by molar-refractivity contribution is 0.0849. The van der Waals surface area contributed by atoms with E-state index in [2.05, 4.69) is 15.3 Å². The molecule has 1 aromatic heterocycles. The van der Waals surface area contributed by atoms with Crippen molar-refractivity contribution in [1.29, 1.82) is 0 Å². The number of nitrogens with one attached hydrogen (secondary N) is 1. The number of hydrogen-bond acceptors (Lipinski definition) is 4. The van der Waals surface area contributed by atoms with Gasteiger partial charge in [0, 0.05) is 30.4 Å². The van der Waals surface area contributed by atoms with Crippen LogP contribution in [0.25, 0.3) is 5.69 Å². The van der Waals surface area contributed by atoms with Crippen LogP contribution in [0.5, 0.6) is 0 Å². The molecule has 1 aliphatic heterocycles. The second kappa shape index (κ2) is 8.47. The second-order valence-electron chi connectivity index (χ2n) is 7.01. The van der Waals surface area contributed by atoms with Crippen molar-refractivity contribution in [2.45, 2.75) is 39.2 Å². The highest BCUT2D eigenvalue weighted by atomic mass is 16.3. The first-order chi connectivity index (χ1) is 12.6. The van der Waals surface area contributed by atoms with Gasteiger partial charge < -0.3 is 10.4 Å². The van der Waals surface area contributed by atoms with Crippen LogP contribution >= 0.6 is 0 Å². The molecule has 0 bridgehead atoms. The van der Waals surface area contributed by atoms with E-state index >= 15 is 0 Å². The Labute approximate surface area is 154 Å². The van der Waals surface area contributed by atoms with Gasteiger partial charge in [-0.3, -0.25) is 9.69 Å². The van der Waals surface area contributed by atoms with Gasteiger partial charge in [-0.05, 0) is 63.6 Å². The molecule has 1 aliphatic rings. The first kappa shape index (κ1) is 18.6. The summed E-state index contributed by atoms with van der Waals surface area (Å²) in [4.78, 5) is 14.6. The molecular formula is C20H28N4O2. The number of likely N-dealkylation sites (tertiary alicyclic amines) is 1. The highest BCUT2D eigenvalue weighted by Crippen LogP contribution is 2.16. The van der Waals surface area contributed by atoms with Crippen LogP contribution in [-0.2, 0) is 0 Å². The fourth-order valence-corrected chi connectivity index (χ4v) is 3.62. The molecule has 1 atom stereocenters. The van der Waals surface area contributed by atoms with Crippen molar-refractivity contribution in [3.8, 4) is 5.69 Å². The minimum absolute atomic E-state index is 0.0672. The van der Waals surface area contributed by atoms with Crippen molar-refractivity contribution in [3.05, 3.63) is 47.3 Å². The third-order valence-electron chi connectivity index (χ3n) is 5.03. The van der Waals surface area contributed by atoms with Crippen molar-refractivity contribution < 1.29 is 9.90 Å². The lowest BCUT2D eigenvalue weighted by Crippen LogP contribution is -2.45. The number of carbonyl (C=O) groups excluding carboxylic acids is 1. The predicted molar refractivity (Wildman–Crippen MR) is 102 cm³/mol. The fourth-order valence-electron chi connectivity index (χ4n) is 3.62. The molecule has 1 saturated heterocycles. The predicted octanol–water partition coefficient (Wildman–Crippen LogP) is 2.07. The second-order valence-corrected chi connectivity index (χ2v) is 7.01. The smallest absolute Gasteiger partial charge is 0.251 e. The van der Waals surface area contributed by atoms with E-state index in [1.54, 1.807) is 0 Å². The van der Waals surface area contributed by atoms with Crippen LogP contribution in [0.2, 0.25) is 0 Å². The molecule has 2 aromatic rings. The maximum atomic E-state index is 12.4. The van der Waals surface area contributed by atoms with Gasteiger partial charge in [0.05, 0.1) is 18.0 Å². The van der Waals surface area contributed by atoms with Gasteiger partial charge in [-0.25, -0.2) is 4.68 Å². The number of aromatic nitrogens is 2. The molecule has 3 rings (SSSR count). The normalized spacial score (nSPS) is 18.0. The van der Waals surface area contributed by atoms with Crippen LogP contribution in [0, 0.1) is 13.8 Å². The summed E-state index contributed by atoms with van der Waals surface area (Å²) in [6, 6.07) is 9.76. The van der Waals surface area contributed by atoms with Crippen molar-refractivity contribution in [2.75, 3.05) is 26.2 Å². The van der Waals surface area contributed by atoms with Crippen molar-refractivity contribution in [2.24, 2.45) is 0 Å². The van der Waals surface area contributed by atoms with Crippen molar-refractivity contribution >= 4 is 5.91 Å². The Balaban J connectivity index is 1.54. The Morgan fingerprint density at radius 2 is 2.04 bits per heavy atom. The lowest BCUT2D eigenvalue weighted by atomic mass is 10.0. The summed E-state index contributed by atoms with van der Waals surface area (Å²) >= 11 is 0. The van der Waals surface area contributed by atoms with Crippen molar-refractivity contribution in [3.63, 3.8) is 0 Å². The standard InChI is InChI=1S/C20H28N4O2/c1-15-13-16(2)24(22-15)18-8-6-17(7-9-18)20(26)21-10-12-23-11-4-3-5-19(23)14-25/h6-9,13,19,25H,3-5,10-12,14H2,1-2H3,(H,21,26)/t19-/m0/s1. The first-order valence-electron chi connectivity index (χ1n) is 9.35. The van der Waals surface area contributed by atoms with E-state index < -0.39 is 0 Å².